The van der Waals surface area contributed by atoms with Crippen molar-refractivity contribution < 1.29 is 9.59 Å². The summed E-state index contributed by atoms with van der Waals surface area (Å²) in [7, 11) is 0. The summed E-state index contributed by atoms with van der Waals surface area (Å²) < 4.78 is 0. The predicted octanol–water partition coefficient (Wildman–Crippen LogP) is 4.19. The fourth-order valence-electron chi connectivity index (χ4n) is 2.93. The number of piperidine rings is 1. The van der Waals surface area contributed by atoms with E-state index >= 15 is 0 Å². The highest BCUT2D eigenvalue weighted by atomic mass is 16.2. The smallest absolute Gasteiger partial charge is 0.253 e. The lowest BCUT2D eigenvalue weighted by atomic mass is 9.95. The molecule has 2 amide bonds. The number of rotatable bonds is 5. The fourth-order valence-corrected chi connectivity index (χ4v) is 2.93. The minimum Gasteiger partial charge on any atom is -0.371 e. The van der Waals surface area contributed by atoms with Crippen molar-refractivity contribution in [2.45, 2.75) is 66.3 Å². The summed E-state index contributed by atoms with van der Waals surface area (Å²) in [6, 6.07) is 5.79. The van der Waals surface area contributed by atoms with Crippen LogP contribution in [0.2, 0.25) is 0 Å². The van der Waals surface area contributed by atoms with E-state index in [9.17, 15) is 9.59 Å². The molecule has 0 radical (unpaired) electrons. The molecule has 1 saturated heterocycles. The average molecular weight is 360 g/mol. The minimum absolute atomic E-state index is 0.0588. The topological polar surface area (TPSA) is 61.4 Å². The molecule has 1 aromatic carbocycles. The molecule has 144 valence electrons. The van der Waals surface area contributed by atoms with Crippen molar-refractivity contribution in [2.24, 2.45) is 5.41 Å². The van der Waals surface area contributed by atoms with Crippen LogP contribution in [0.15, 0.2) is 18.2 Å². The van der Waals surface area contributed by atoms with E-state index in [4.69, 9.17) is 0 Å². The van der Waals surface area contributed by atoms with E-state index < -0.39 is 5.41 Å². The first kappa shape index (κ1) is 20.3. The second kappa shape index (κ2) is 8.56. The molecule has 1 aliphatic rings. The third-order valence-electron chi connectivity index (χ3n) is 4.87. The second-order valence-corrected chi connectivity index (χ2v) is 8.27. The quantitative estimate of drug-likeness (QED) is 0.829. The molecule has 1 heterocycles. The van der Waals surface area contributed by atoms with E-state index in [0.717, 1.165) is 38.0 Å². The SMILES string of the molecule is CC[C@@H](C)NC(=O)c1cc(NC(=O)C(C)(C)C)ccc1N1CCCCC1. The van der Waals surface area contributed by atoms with Crippen molar-refractivity contribution in [1.82, 2.24) is 5.32 Å². The minimum atomic E-state index is -0.481. The molecule has 1 atom stereocenters. The Morgan fingerprint density at radius 2 is 1.81 bits per heavy atom. The predicted molar refractivity (Wildman–Crippen MR) is 108 cm³/mol. The van der Waals surface area contributed by atoms with E-state index in [1.807, 2.05) is 45.9 Å². The fraction of sp³-hybridized carbons (Fsp3) is 0.619. The van der Waals surface area contributed by atoms with Gasteiger partial charge >= 0.3 is 0 Å². The van der Waals surface area contributed by atoms with Gasteiger partial charge in [-0.2, -0.15) is 0 Å². The molecule has 0 spiro atoms. The molecule has 0 saturated carbocycles. The van der Waals surface area contributed by atoms with Crippen molar-refractivity contribution in [1.29, 1.82) is 0 Å². The van der Waals surface area contributed by atoms with Gasteiger partial charge in [0.15, 0.2) is 0 Å². The van der Waals surface area contributed by atoms with Gasteiger partial charge in [-0.05, 0) is 50.8 Å². The first-order valence-corrected chi connectivity index (χ1v) is 9.73. The summed E-state index contributed by atoms with van der Waals surface area (Å²) in [5, 5.41) is 5.99. The molecule has 2 N–H and O–H groups in total. The highest BCUT2D eigenvalue weighted by Crippen LogP contribution is 2.28. The van der Waals surface area contributed by atoms with Crippen molar-refractivity contribution in [3.05, 3.63) is 23.8 Å². The van der Waals surface area contributed by atoms with Gasteiger partial charge in [0.25, 0.3) is 5.91 Å². The van der Waals surface area contributed by atoms with Crippen LogP contribution >= 0.6 is 0 Å². The van der Waals surface area contributed by atoms with E-state index in [0.29, 0.717) is 11.3 Å². The summed E-state index contributed by atoms with van der Waals surface area (Å²) in [5.74, 6) is -0.136. The monoisotopic (exact) mass is 359 g/mol. The zero-order chi connectivity index (χ0) is 19.3. The normalized spacial score (nSPS) is 16.1. The average Bonchev–Trinajstić information content (AvgIpc) is 2.61. The summed E-state index contributed by atoms with van der Waals surface area (Å²) in [4.78, 5) is 27.4. The van der Waals surface area contributed by atoms with Gasteiger partial charge < -0.3 is 15.5 Å². The van der Waals surface area contributed by atoms with Crippen LogP contribution in [0.4, 0.5) is 11.4 Å². The van der Waals surface area contributed by atoms with E-state index in [1.54, 1.807) is 0 Å². The zero-order valence-electron chi connectivity index (χ0n) is 16.8. The lowest BCUT2D eigenvalue weighted by molar-refractivity contribution is -0.123. The summed E-state index contributed by atoms with van der Waals surface area (Å²) in [5.41, 5.74) is 1.78. The number of anilines is 2. The maximum absolute atomic E-state index is 12.9. The molecule has 1 fully saturated rings. The van der Waals surface area contributed by atoms with Gasteiger partial charge in [-0.15, -0.1) is 0 Å². The largest absolute Gasteiger partial charge is 0.371 e. The Hall–Kier alpha value is -2.04. The summed E-state index contributed by atoms with van der Waals surface area (Å²) in [6.45, 7) is 11.6. The summed E-state index contributed by atoms with van der Waals surface area (Å²) in [6.07, 6.45) is 4.42. The van der Waals surface area contributed by atoms with E-state index in [-0.39, 0.29) is 17.9 Å². The van der Waals surface area contributed by atoms with Crippen LogP contribution in [0.1, 0.15) is 70.7 Å². The lowest BCUT2D eigenvalue weighted by Crippen LogP contribution is -2.35. The van der Waals surface area contributed by atoms with Gasteiger partial charge in [0.2, 0.25) is 5.91 Å². The molecule has 5 heteroatoms. The molecule has 2 rings (SSSR count). The molecule has 26 heavy (non-hydrogen) atoms. The molecule has 0 unspecified atom stereocenters. The second-order valence-electron chi connectivity index (χ2n) is 8.27. The van der Waals surface area contributed by atoms with Crippen molar-refractivity contribution in [3.8, 4) is 0 Å². The molecule has 1 aliphatic heterocycles. The molecular formula is C21H33N3O2. The third-order valence-corrected chi connectivity index (χ3v) is 4.87. The maximum Gasteiger partial charge on any atom is 0.253 e. The number of benzene rings is 1. The standard InChI is InChI=1S/C21H33N3O2/c1-6-15(2)22-19(25)17-14-16(23-20(26)21(3,4)5)10-11-18(17)24-12-8-7-9-13-24/h10-11,14-15H,6-9,12-13H2,1-5H3,(H,22,25)(H,23,26)/t15-/m1/s1. The Morgan fingerprint density at radius 3 is 2.38 bits per heavy atom. The third kappa shape index (κ3) is 5.23. The van der Waals surface area contributed by atoms with Gasteiger partial charge in [-0.25, -0.2) is 0 Å². The van der Waals surface area contributed by atoms with E-state index in [2.05, 4.69) is 22.5 Å². The molecular weight excluding hydrogens is 326 g/mol. The van der Waals surface area contributed by atoms with Crippen molar-refractivity contribution >= 4 is 23.2 Å². The highest BCUT2D eigenvalue weighted by molar-refractivity contribution is 6.02. The zero-order valence-corrected chi connectivity index (χ0v) is 16.8. The Balaban J connectivity index is 2.32. The number of carbonyl (C=O) groups excluding carboxylic acids is 2. The Labute approximate surface area is 157 Å². The number of amides is 2. The van der Waals surface area contributed by atoms with Gasteiger partial charge in [0, 0.05) is 35.9 Å². The van der Waals surface area contributed by atoms with Gasteiger partial charge in [-0.3, -0.25) is 9.59 Å². The lowest BCUT2D eigenvalue weighted by Gasteiger charge is -2.31. The van der Waals surface area contributed by atoms with Crippen LogP contribution < -0.4 is 15.5 Å². The van der Waals surface area contributed by atoms with Gasteiger partial charge in [-0.1, -0.05) is 27.7 Å². The van der Waals surface area contributed by atoms with Gasteiger partial charge in [0.1, 0.15) is 0 Å². The van der Waals surface area contributed by atoms with Crippen LogP contribution in [0.25, 0.3) is 0 Å². The maximum atomic E-state index is 12.9. The molecule has 0 aliphatic carbocycles. The first-order valence-electron chi connectivity index (χ1n) is 9.73. The molecule has 1 aromatic rings. The van der Waals surface area contributed by atoms with Crippen LogP contribution in [0.3, 0.4) is 0 Å². The number of nitrogens with one attached hydrogen (secondary N) is 2. The number of nitrogens with zero attached hydrogens (tertiary/aromatic N) is 1. The van der Waals surface area contributed by atoms with Crippen LogP contribution in [-0.2, 0) is 4.79 Å². The molecule has 0 aromatic heterocycles. The number of hydrogen-bond acceptors (Lipinski definition) is 3. The van der Waals surface area contributed by atoms with Crippen molar-refractivity contribution in [3.63, 3.8) is 0 Å². The first-order chi connectivity index (χ1) is 12.2. The Bertz CT molecular complexity index is 643. The van der Waals surface area contributed by atoms with Crippen LogP contribution in [0, 0.1) is 5.41 Å². The molecule has 5 nitrogen and oxygen atoms in total. The number of carbonyl (C=O) groups is 2. The van der Waals surface area contributed by atoms with Crippen LogP contribution in [-0.4, -0.2) is 30.9 Å². The van der Waals surface area contributed by atoms with Crippen molar-refractivity contribution in [2.75, 3.05) is 23.3 Å². The number of hydrogen-bond donors (Lipinski definition) is 2. The van der Waals surface area contributed by atoms with Gasteiger partial charge in [0.05, 0.1) is 5.56 Å². The Morgan fingerprint density at radius 1 is 1.15 bits per heavy atom. The summed E-state index contributed by atoms with van der Waals surface area (Å²) >= 11 is 0. The van der Waals surface area contributed by atoms with Crippen LogP contribution in [0.5, 0.6) is 0 Å². The highest BCUT2D eigenvalue weighted by Gasteiger charge is 2.23. The Kier molecular flexibility index (Phi) is 6.68. The molecule has 0 bridgehead atoms. The van der Waals surface area contributed by atoms with E-state index in [1.165, 1.54) is 6.42 Å².